The van der Waals surface area contributed by atoms with Gasteiger partial charge in [-0.1, -0.05) is 18.2 Å². The Labute approximate surface area is 111 Å². The Balaban J connectivity index is 1.86. The minimum atomic E-state index is 0.154. The zero-order valence-electron chi connectivity index (χ0n) is 10.7. The highest BCUT2D eigenvalue weighted by molar-refractivity contribution is 5.72. The Kier molecular flexibility index (Phi) is 3.25. The van der Waals surface area contributed by atoms with Gasteiger partial charge in [0.15, 0.2) is 11.5 Å². The molecule has 2 heterocycles. The van der Waals surface area contributed by atoms with Crippen LogP contribution < -0.4 is 5.32 Å². The first kappa shape index (κ1) is 11.9. The van der Waals surface area contributed by atoms with Gasteiger partial charge in [0.25, 0.3) is 0 Å². The molecule has 0 fully saturated rings. The first-order chi connectivity index (χ1) is 9.36. The number of para-hydroxylation sites is 2. The molecule has 1 unspecified atom stereocenters. The number of rotatable bonds is 4. The minimum Gasteiger partial charge on any atom is -0.441 e. The zero-order valence-corrected chi connectivity index (χ0v) is 10.7. The van der Waals surface area contributed by atoms with Gasteiger partial charge in [-0.3, -0.25) is 4.98 Å². The number of aromatic nitrogens is 2. The minimum absolute atomic E-state index is 0.154. The first-order valence-corrected chi connectivity index (χ1v) is 6.28. The molecule has 0 aliphatic heterocycles. The van der Waals surface area contributed by atoms with Gasteiger partial charge in [-0.25, -0.2) is 4.98 Å². The molecule has 19 heavy (non-hydrogen) atoms. The molecule has 3 rings (SSSR count). The maximum Gasteiger partial charge on any atom is 0.197 e. The number of nitrogens with one attached hydrogen (secondary N) is 1. The Morgan fingerprint density at radius 2 is 2.11 bits per heavy atom. The Bertz CT molecular complexity index is 630. The number of likely N-dealkylation sites (N-methyl/N-ethyl adjacent to an activating group) is 1. The van der Waals surface area contributed by atoms with Gasteiger partial charge in [-0.15, -0.1) is 0 Å². The normalized spacial score (nSPS) is 12.7. The summed E-state index contributed by atoms with van der Waals surface area (Å²) >= 11 is 0. The Morgan fingerprint density at radius 1 is 1.21 bits per heavy atom. The van der Waals surface area contributed by atoms with E-state index >= 15 is 0 Å². The van der Waals surface area contributed by atoms with Gasteiger partial charge < -0.3 is 9.73 Å². The van der Waals surface area contributed by atoms with E-state index in [4.69, 9.17) is 4.42 Å². The fraction of sp³-hybridized carbons (Fsp3) is 0.200. The molecule has 0 saturated carbocycles. The van der Waals surface area contributed by atoms with Crippen LogP contribution in [0.2, 0.25) is 0 Å². The van der Waals surface area contributed by atoms with Crippen molar-refractivity contribution in [2.24, 2.45) is 0 Å². The molecule has 1 atom stereocenters. The van der Waals surface area contributed by atoms with Gasteiger partial charge in [-0.05, 0) is 30.8 Å². The second-order valence-corrected chi connectivity index (χ2v) is 4.41. The molecular formula is C15H15N3O. The first-order valence-electron chi connectivity index (χ1n) is 6.28. The summed E-state index contributed by atoms with van der Waals surface area (Å²) in [5, 5.41) is 3.27. The lowest BCUT2D eigenvalue weighted by Crippen LogP contribution is -2.19. The van der Waals surface area contributed by atoms with Crippen molar-refractivity contribution in [1.29, 1.82) is 0 Å². The molecule has 0 radical (unpaired) electrons. The lowest BCUT2D eigenvalue weighted by Gasteiger charge is -2.13. The molecule has 0 aliphatic carbocycles. The predicted octanol–water partition coefficient (Wildman–Crippen LogP) is 2.73. The van der Waals surface area contributed by atoms with E-state index in [9.17, 15) is 0 Å². The van der Waals surface area contributed by atoms with Crippen LogP contribution in [0.3, 0.4) is 0 Å². The summed E-state index contributed by atoms with van der Waals surface area (Å²) in [6.45, 7) is 0. The fourth-order valence-corrected chi connectivity index (χ4v) is 2.15. The van der Waals surface area contributed by atoms with Crippen molar-refractivity contribution >= 4 is 11.1 Å². The van der Waals surface area contributed by atoms with Crippen molar-refractivity contribution in [2.45, 2.75) is 12.5 Å². The number of fused-ring (bicyclic) bond motifs is 1. The lowest BCUT2D eigenvalue weighted by atomic mass is 10.1. The predicted molar refractivity (Wildman–Crippen MR) is 73.8 cm³/mol. The summed E-state index contributed by atoms with van der Waals surface area (Å²) in [5.74, 6) is 0.740. The number of nitrogens with zero attached hydrogens (tertiary/aromatic N) is 2. The molecule has 96 valence electrons. The smallest absolute Gasteiger partial charge is 0.197 e. The van der Waals surface area contributed by atoms with Gasteiger partial charge in [0.1, 0.15) is 5.52 Å². The third kappa shape index (κ3) is 2.48. The quantitative estimate of drug-likeness (QED) is 0.776. The number of benzene rings is 1. The third-order valence-corrected chi connectivity index (χ3v) is 3.15. The van der Waals surface area contributed by atoms with Gasteiger partial charge in [0.2, 0.25) is 0 Å². The molecule has 2 aromatic heterocycles. The Morgan fingerprint density at radius 3 is 2.84 bits per heavy atom. The molecule has 0 bridgehead atoms. The van der Waals surface area contributed by atoms with E-state index in [0.717, 1.165) is 22.6 Å². The van der Waals surface area contributed by atoms with Crippen LogP contribution in [0.15, 0.2) is 53.2 Å². The van der Waals surface area contributed by atoms with Crippen molar-refractivity contribution in [2.75, 3.05) is 7.05 Å². The molecule has 0 spiro atoms. The van der Waals surface area contributed by atoms with E-state index < -0.39 is 0 Å². The molecule has 1 N–H and O–H groups in total. The van der Waals surface area contributed by atoms with Crippen LogP contribution in [-0.2, 0) is 6.42 Å². The van der Waals surface area contributed by atoms with Gasteiger partial charge in [-0.2, -0.15) is 0 Å². The lowest BCUT2D eigenvalue weighted by molar-refractivity contribution is 0.473. The van der Waals surface area contributed by atoms with Gasteiger partial charge in [0, 0.05) is 24.9 Å². The Hall–Kier alpha value is -2.20. The average molecular weight is 253 g/mol. The zero-order chi connectivity index (χ0) is 13.1. The molecule has 0 saturated heterocycles. The van der Waals surface area contributed by atoms with Crippen LogP contribution in [0.5, 0.6) is 0 Å². The van der Waals surface area contributed by atoms with Crippen LogP contribution >= 0.6 is 0 Å². The maximum atomic E-state index is 5.75. The summed E-state index contributed by atoms with van der Waals surface area (Å²) in [6, 6.07) is 12.0. The number of hydrogen-bond donors (Lipinski definition) is 1. The van der Waals surface area contributed by atoms with E-state index in [0.29, 0.717) is 6.42 Å². The van der Waals surface area contributed by atoms with Crippen LogP contribution in [-0.4, -0.2) is 17.0 Å². The SMILES string of the molecule is CNC(Cc1nc2ccccc2o1)c1cccnc1. The molecule has 1 aromatic carbocycles. The van der Waals surface area contributed by atoms with Crippen LogP contribution in [0.4, 0.5) is 0 Å². The monoisotopic (exact) mass is 253 g/mol. The number of pyridine rings is 1. The average Bonchev–Trinajstić information content (AvgIpc) is 2.88. The second kappa shape index (κ2) is 5.20. The molecule has 4 heteroatoms. The van der Waals surface area contributed by atoms with Gasteiger partial charge in [0.05, 0.1) is 0 Å². The van der Waals surface area contributed by atoms with Crippen LogP contribution in [0.1, 0.15) is 17.5 Å². The number of oxazole rings is 1. The van der Waals surface area contributed by atoms with Crippen LogP contribution in [0, 0.1) is 0 Å². The summed E-state index contributed by atoms with van der Waals surface area (Å²) in [6.07, 6.45) is 4.34. The van der Waals surface area contributed by atoms with Crippen molar-refractivity contribution in [3.63, 3.8) is 0 Å². The molecule has 3 aromatic rings. The maximum absolute atomic E-state index is 5.75. The van der Waals surface area contributed by atoms with E-state index in [1.165, 1.54) is 0 Å². The third-order valence-electron chi connectivity index (χ3n) is 3.15. The number of hydrogen-bond acceptors (Lipinski definition) is 4. The molecular weight excluding hydrogens is 238 g/mol. The van der Waals surface area contributed by atoms with Crippen molar-refractivity contribution in [3.05, 3.63) is 60.2 Å². The van der Waals surface area contributed by atoms with Crippen molar-refractivity contribution < 1.29 is 4.42 Å². The highest BCUT2D eigenvalue weighted by Gasteiger charge is 2.14. The summed E-state index contributed by atoms with van der Waals surface area (Å²) < 4.78 is 5.75. The standard InChI is InChI=1S/C15H15N3O/c1-16-13(11-5-4-8-17-10-11)9-15-18-12-6-2-3-7-14(12)19-15/h2-8,10,13,16H,9H2,1H3. The van der Waals surface area contributed by atoms with E-state index in [1.807, 2.05) is 43.6 Å². The second-order valence-electron chi connectivity index (χ2n) is 4.41. The van der Waals surface area contributed by atoms with Crippen molar-refractivity contribution in [3.8, 4) is 0 Å². The fourth-order valence-electron chi connectivity index (χ4n) is 2.15. The highest BCUT2D eigenvalue weighted by atomic mass is 16.3. The van der Waals surface area contributed by atoms with E-state index in [2.05, 4.69) is 21.4 Å². The van der Waals surface area contributed by atoms with E-state index in [1.54, 1.807) is 6.20 Å². The molecule has 4 nitrogen and oxygen atoms in total. The summed E-state index contributed by atoms with van der Waals surface area (Å²) in [5.41, 5.74) is 2.87. The largest absolute Gasteiger partial charge is 0.441 e. The van der Waals surface area contributed by atoms with Crippen LogP contribution in [0.25, 0.3) is 11.1 Å². The van der Waals surface area contributed by atoms with Gasteiger partial charge >= 0.3 is 0 Å². The van der Waals surface area contributed by atoms with E-state index in [-0.39, 0.29) is 6.04 Å². The molecule has 0 amide bonds. The van der Waals surface area contributed by atoms with Crippen molar-refractivity contribution in [1.82, 2.24) is 15.3 Å². The summed E-state index contributed by atoms with van der Waals surface area (Å²) in [7, 11) is 1.93. The topological polar surface area (TPSA) is 51.0 Å². The summed E-state index contributed by atoms with van der Waals surface area (Å²) in [4.78, 5) is 8.65. The molecule has 0 aliphatic rings. The highest BCUT2D eigenvalue weighted by Crippen LogP contribution is 2.20.